The second-order valence-electron chi connectivity index (χ2n) is 8.98. The van der Waals surface area contributed by atoms with E-state index in [2.05, 4.69) is 17.4 Å². The first-order valence-corrected chi connectivity index (χ1v) is 10.8. The number of benzene rings is 1. The summed E-state index contributed by atoms with van der Waals surface area (Å²) in [5, 5.41) is 2.90. The molecule has 2 aliphatic carbocycles. The summed E-state index contributed by atoms with van der Waals surface area (Å²) in [7, 11) is 0. The smallest absolute Gasteiger partial charge is 0.251 e. The highest BCUT2D eigenvalue weighted by Gasteiger charge is 2.45. The molecule has 2 saturated carbocycles. The number of carbonyl (C=O) groups is 2. The van der Waals surface area contributed by atoms with Crippen molar-refractivity contribution in [3.63, 3.8) is 0 Å². The third kappa shape index (κ3) is 4.20. The molecule has 1 saturated heterocycles. The minimum absolute atomic E-state index is 0.0534. The molecule has 3 fully saturated rings. The molecule has 4 nitrogen and oxygen atoms in total. The van der Waals surface area contributed by atoms with Gasteiger partial charge < -0.3 is 10.2 Å². The van der Waals surface area contributed by atoms with E-state index in [0.717, 1.165) is 25.9 Å². The minimum Gasteiger partial charge on any atom is -0.341 e. The van der Waals surface area contributed by atoms with Crippen molar-refractivity contribution in [2.24, 2.45) is 5.41 Å². The zero-order valence-corrected chi connectivity index (χ0v) is 16.5. The summed E-state index contributed by atoms with van der Waals surface area (Å²) in [5.41, 5.74) is 2.55. The number of nitrogens with zero attached hydrogens (tertiary/aromatic N) is 1. The normalized spacial score (nSPS) is 23.1. The van der Waals surface area contributed by atoms with Crippen LogP contribution < -0.4 is 5.32 Å². The van der Waals surface area contributed by atoms with Crippen LogP contribution in [-0.2, 0) is 4.79 Å². The Hall–Kier alpha value is -1.84. The van der Waals surface area contributed by atoms with Crippen molar-refractivity contribution in [3.8, 4) is 0 Å². The van der Waals surface area contributed by atoms with Crippen molar-refractivity contribution in [1.29, 1.82) is 0 Å². The van der Waals surface area contributed by atoms with E-state index in [4.69, 9.17) is 0 Å². The largest absolute Gasteiger partial charge is 0.341 e. The van der Waals surface area contributed by atoms with E-state index in [1.165, 1.54) is 50.5 Å². The van der Waals surface area contributed by atoms with Crippen molar-refractivity contribution < 1.29 is 9.59 Å². The Labute approximate surface area is 162 Å². The van der Waals surface area contributed by atoms with E-state index < -0.39 is 6.04 Å². The molecule has 27 heavy (non-hydrogen) atoms. The van der Waals surface area contributed by atoms with Crippen molar-refractivity contribution in [2.75, 3.05) is 13.1 Å². The molecular formula is C23H32N2O2. The summed E-state index contributed by atoms with van der Waals surface area (Å²) in [6.45, 7) is 3.49. The molecule has 146 valence electrons. The predicted octanol–water partition coefficient (Wildman–Crippen LogP) is 4.26. The molecule has 1 N–H and O–H groups in total. The van der Waals surface area contributed by atoms with Crippen LogP contribution in [0.1, 0.15) is 86.6 Å². The van der Waals surface area contributed by atoms with Crippen LogP contribution in [0.3, 0.4) is 0 Å². The Morgan fingerprint density at radius 2 is 1.63 bits per heavy atom. The van der Waals surface area contributed by atoms with Gasteiger partial charge in [-0.05, 0) is 74.5 Å². The first-order chi connectivity index (χ1) is 13.1. The van der Waals surface area contributed by atoms with Gasteiger partial charge in [0.2, 0.25) is 5.91 Å². The van der Waals surface area contributed by atoms with Gasteiger partial charge in [0.1, 0.15) is 6.04 Å². The van der Waals surface area contributed by atoms with E-state index >= 15 is 0 Å². The fraction of sp³-hybridized carbons (Fsp3) is 0.652. The molecule has 1 aliphatic heterocycles. The Morgan fingerprint density at radius 3 is 2.22 bits per heavy atom. The van der Waals surface area contributed by atoms with Crippen molar-refractivity contribution in [1.82, 2.24) is 10.2 Å². The third-order valence-electron chi connectivity index (χ3n) is 7.06. The van der Waals surface area contributed by atoms with Gasteiger partial charge in [-0.25, -0.2) is 0 Å². The molecule has 0 bridgehead atoms. The number of hydrogen-bond acceptors (Lipinski definition) is 2. The SMILES string of the molecule is C[C@@H](NC(=O)c1ccc(C2CCCCC2)cc1)C(=O)N1CCC2(CC1)CC2. The van der Waals surface area contributed by atoms with Crippen LogP contribution in [0.4, 0.5) is 0 Å². The molecule has 1 heterocycles. The van der Waals surface area contributed by atoms with Gasteiger partial charge in [-0.1, -0.05) is 31.4 Å². The van der Waals surface area contributed by atoms with Crippen molar-refractivity contribution in [2.45, 2.75) is 76.7 Å². The summed E-state index contributed by atoms with van der Waals surface area (Å²) in [6.07, 6.45) is 11.4. The van der Waals surface area contributed by atoms with Crippen molar-refractivity contribution >= 4 is 11.8 Å². The first-order valence-electron chi connectivity index (χ1n) is 10.8. The number of nitrogens with one attached hydrogen (secondary N) is 1. The molecule has 1 aromatic rings. The first kappa shape index (κ1) is 18.5. The molecule has 0 unspecified atom stereocenters. The van der Waals surface area contributed by atoms with Crippen LogP contribution >= 0.6 is 0 Å². The van der Waals surface area contributed by atoms with Crippen LogP contribution in [0, 0.1) is 5.41 Å². The molecule has 1 spiro atoms. The molecule has 3 aliphatic rings. The molecule has 0 radical (unpaired) electrons. The Morgan fingerprint density at radius 1 is 1.00 bits per heavy atom. The molecule has 0 aromatic heterocycles. The van der Waals surface area contributed by atoms with Gasteiger partial charge in [-0.15, -0.1) is 0 Å². The van der Waals surface area contributed by atoms with Crippen LogP contribution in [-0.4, -0.2) is 35.8 Å². The molecule has 1 atom stereocenters. The number of hydrogen-bond donors (Lipinski definition) is 1. The zero-order chi connectivity index (χ0) is 18.9. The monoisotopic (exact) mass is 368 g/mol. The molecular weight excluding hydrogens is 336 g/mol. The average Bonchev–Trinajstić information content (AvgIpc) is 3.47. The lowest BCUT2D eigenvalue weighted by molar-refractivity contribution is -0.134. The fourth-order valence-electron chi connectivity index (χ4n) is 4.84. The molecule has 1 aromatic carbocycles. The number of likely N-dealkylation sites (tertiary alicyclic amines) is 1. The zero-order valence-electron chi connectivity index (χ0n) is 16.5. The van der Waals surface area contributed by atoms with Crippen LogP contribution in [0.5, 0.6) is 0 Å². The van der Waals surface area contributed by atoms with Gasteiger partial charge in [0, 0.05) is 18.7 Å². The lowest BCUT2D eigenvalue weighted by Gasteiger charge is -2.33. The summed E-state index contributed by atoms with van der Waals surface area (Å²) >= 11 is 0. The second-order valence-corrected chi connectivity index (χ2v) is 8.98. The Balaban J connectivity index is 1.30. The standard InChI is InChI=1S/C23H32N2O2/c1-17(22(27)25-15-13-23(11-12-23)14-16-25)24-21(26)20-9-7-19(8-10-20)18-5-3-2-4-6-18/h7-10,17-18H,2-6,11-16H2,1H3,(H,24,26)/t17-/m1/s1. The maximum atomic E-state index is 12.7. The second kappa shape index (κ2) is 7.65. The lowest BCUT2D eigenvalue weighted by Crippen LogP contribution is -2.49. The molecule has 4 rings (SSSR count). The summed E-state index contributed by atoms with van der Waals surface area (Å²) in [5.74, 6) is 0.546. The van der Waals surface area contributed by atoms with Crippen molar-refractivity contribution in [3.05, 3.63) is 35.4 Å². The van der Waals surface area contributed by atoms with Gasteiger partial charge in [0.05, 0.1) is 0 Å². The van der Waals surface area contributed by atoms with Crippen LogP contribution in [0.15, 0.2) is 24.3 Å². The molecule has 4 heteroatoms. The van der Waals surface area contributed by atoms with E-state index in [1.54, 1.807) is 6.92 Å². The Kier molecular flexibility index (Phi) is 5.25. The highest BCUT2D eigenvalue weighted by Crippen LogP contribution is 2.53. The molecule has 2 amide bonds. The third-order valence-corrected chi connectivity index (χ3v) is 7.06. The summed E-state index contributed by atoms with van der Waals surface area (Å²) in [6, 6.07) is 7.54. The summed E-state index contributed by atoms with van der Waals surface area (Å²) < 4.78 is 0. The number of carbonyl (C=O) groups excluding carboxylic acids is 2. The fourth-order valence-corrected chi connectivity index (χ4v) is 4.84. The lowest BCUT2D eigenvalue weighted by atomic mass is 9.84. The van der Waals surface area contributed by atoms with E-state index in [0.29, 0.717) is 16.9 Å². The maximum Gasteiger partial charge on any atom is 0.251 e. The van der Waals surface area contributed by atoms with E-state index in [9.17, 15) is 9.59 Å². The number of amides is 2. The van der Waals surface area contributed by atoms with Gasteiger partial charge in [0.15, 0.2) is 0 Å². The highest BCUT2D eigenvalue weighted by atomic mass is 16.2. The maximum absolute atomic E-state index is 12.7. The highest BCUT2D eigenvalue weighted by molar-refractivity contribution is 5.97. The topological polar surface area (TPSA) is 49.4 Å². The van der Waals surface area contributed by atoms with E-state index in [-0.39, 0.29) is 11.8 Å². The van der Waals surface area contributed by atoms with Gasteiger partial charge in [-0.2, -0.15) is 0 Å². The van der Waals surface area contributed by atoms with Gasteiger partial charge >= 0.3 is 0 Å². The van der Waals surface area contributed by atoms with Crippen LogP contribution in [0.25, 0.3) is 0 Å². The van der Waals surface area contributed by atoms with Gasteiger partial charge in [0.25, 0.3) is 5.91 Å². The summed E-state index contributed by atoms with van der Waals surface area (Å²) in [4.78, 5) is 27.2. The Bertz CT molecular complexity index is 677. The van der Waals surface area contributed by atoms with Crippen LogP contribution in [0.2, 0.25) is 0 Å². The van der Waals surface area contributed by atoms with Gasteiger partial charge in [-0.3, -0.25) is 9.59 Å². The number of piperidine rings is 1. The average molecular weight is 369 g/mol. The minimum atomic E-state index is -0.469. The quantitative estimate of drug-likeness (QED) is 0.863. The van der Waals surface area contributed by atoms with E-state index in [1.807, 2.05) is 17.0 Å². The predicted molar refractivity (Wildman–Crippen MR) is 107 cm³/mol. The number of rotatable bonds is 4.